The molecule has 0 saturated heterocycles. The predicted molar refractivity (Wildman–Crippen MR) is 98.4 cm³/mol. The molecule has 4 fully saturated rings. The molecule has 0 amide bonds. The molecule has 0 N–H and O–H groups in total. The zero-order valence-corrected chi connectivity index (χ0v) is 15.0. The average molecular weight is 340 g/mol. The Hall–Kier alpha value is -1.29. The van der Waals surface area contributed by atoms with Crippen LogP contribution in [0.3, 0.4) is 0 Å². The van der Waals surface area contributed by atoms with E-state index in [0.717, 1.165) is 40.4 Å². The van der Waals surface area contributed by atoms with Crippen LogP contribution in [-0.2, 0) is 5.75 Å². The molecule has 4 saturated carbocycles. The van der Waals surface area contributed by atoms with E-state index in [0.29, 0.717) is 4.75 Å². The first-order chi connectivity index (χ1) is 11.6. The largest absolute Gasteiger partial charge is 0.269 e. The summed E-state index contributed by atoms with van der Waals surface area (Å²) in [7, 11) is 0. The van der Waals surface area contributed by atoms with E-state index in [2.05, 4.69) is 11.8 Å². The zero-order chi connectivity index (χ0) is 16.3. The first-order valence-corrected chi connectivity index (χ1v) is 10.2. The molecular weight excluding hydrogens is 316 g/mol. The number of aryl methyl sites for hydroxylation is 1. The van der Waals surface area contributed by atoms with Crippen LogP contribution in [0, 0.1) is 24.7 Å². The van der Waals surface area contributed by atoms with E-state index in [1.807, 2.05) is 25.3 Å². The van der Waals surface area contributed by atoms with Crippen molar-refractivity contribution in [3.63, 3.8) is 0 Å². The molecule has 2 aromatic rings. The maximum atomic E-state index is 12.4. The van der Waals surface area contributed by atoms with Gasteiger partial charge in [-0.25, -0.2) is 4.98 Å². The molecule has 3 nitrogen and oxygen atoms in total. The third-order valence-corrected chi connectivity index (χ3v) is 7.92. The van der Waals surface area contributed by atoms with Crippen LogP contribution in [0.25, 0.3) is 5.65 Å². The Morgan fingerprint density at radius 1 is 1.17 bits per heavy atom. The lowest BCUT2D eigenvalue weighted by Crippen LogP contribution is -2.48. The van der Waals surface area contributed by atoms with Crippen LogP contribution in [0.1, 0.15) is 49.8 Å². The first-order valence-electron chi connectivity index (χ1n) is 9.21. The number of thioether (sulfide) groups is 1. The minimum atomic E-state index is 0.0461. The smallest absolute Gasteiger partial charge is 0.258 e. The van der Waals surface area contributed by atoms with E-state index in [9.17, 15) is 4.79 Å². The Kier molecular flexibility index (Phi) is 3.35. The molecule has 126 valence electrons. The maximum Gasteiger partial charge on any atom is 0.258 e. The average Bonchev–Trinajstić information content (AvgIpc) is 2.52. The highest BCUT2D eigenvalue weighted by molar-refractivity contribution is 7.99. The summed E-state index contributed by atoms with van der Waals surface area (Å²) in [5.74, 6) is 3.80. The predicted octanol–water partition coefficient (Wildman–Crippen LogP) is 4.20. The van der Waals surface area contributed by atoms with Gasteiger partial charge in [0.25, 0.3) is 5.56 Å². The Bertz CT molecular complexity index is 821. The van der Waals surface area contributed by atoms with Crippen molar-refractivity contribution in [1.82, 2.24) is 9.38 Å². The van der Waals surface area contributed by atoms with E-state index in [1.165, 1.54) is 38.5 Å². The van der Waals surface area contributed by atoms with Gasteiger partial charge in [-0.2, -0.15) is 0 Å². The molecular formula is C20H24N2OS. The molecule has 24 heavy (non-hydrogen) atoms. The zero-order valence-electron chi connectivity index (χ0n) is 14.2. The molecule has 6 rings (SSSR count). The van der Waals surface area contributed by atoms with Gasteiger partial charge in [0.05, 0.1) is 5.69 Å². The van der Waals surface area contributed by atoms with Gasteiger partial charge < -0.3 is 0 Å². The highest BCUT2D eigenvalue weighted by Gasteiger charge is 2.51. The van der Waals surface area contributed by atoms with Crippen LogP contribution in [0.15, 0.2) is 29.2 Å². The summed E-state index contributed by atoms with van der Waals surface area (Å²) in [6.07, 6.45) is 10.5. The Morgan fingerprint density at radius 3 is 2.50 bits per heavy atom. The van der Waals surface area contributed by atoms with Crippen molar-refractivity contribution >= 4 is 17.4 Å². The van der Waals surface area contributed by atoms with Crippen LogP contribution in [0.5, 0.6) is 0 Å². The minimum Gasteiger partial charge on any atom is -0.269 e. The lowest BCUT2D eigenvalue weighted by Gasteiger charge is -2.56. The van der Waals surface area contributed by atoms with Crippen molar-refractivity contribution in [2.45, 2.75) is 55.9 Å². The normalized spacial score (nSPS) is 34.1. The van der Waals surface area contributed by atoms with Crippen LogP contribution >= 0.6 is 11.8 Å². The Balaban J connectivity index is 1.40. The van der Waals surface area contributed by atoms with Crippen molar-refractivity contribution < 1.29 is 0 Å². The molecule has 0 aromatic carbocycles. The summed E-state index contributed by atoms with van der Waals surface area (Å²) >= 11 is 2.10. The molecule has 2 heterocycles. The van der Waals surface area contributed by atoms with E-state index in [4.69, 9.17) is 4.98 Å². The highest BCUT2D eigenvalue weighted by Crippen LogP contribution is 2.60. The second kappa shape index (κ2) is 5.35. The standard InChI is InChI=1S/C20H24N2OS/c1-13-2-3-18-21-17(7-19(23)22(18)11-13)12-24-20-8-14-4-15(9-20)6-16(5-14)10-20/h2-3,7,11,14-16H,4-6,8-10,12H2,1H3. The second-order valence-corrected chi connectivity index (χ2v) is 9.85. The molecule has 4 heteroatoms. The molecule has 4 bridgehead atoms. The molecule has 2 aromatic heterocycles. The van der Waals surface area contributed by atoms with Crippen LogP contribution in [-0.4, -0.2) is 14.1 Å². The number of pyridine rings is 1. The summed E-state index contributed by atoms with van der Waals surface area (Å²) in [6, 6.07) is 5.72. The molecule has 0 radical (unpaired) electrons. The molecule has 0 unspecified atom stereocenters. The van der Waals surface area contributed by atoms with Crippen molar-refractivity contribution in [2.75, 3.05) is 0 Å². The van der Waals surface area contributed by atoms with Crippen LogP contribution in [0.2, 0.25) is 0 Å². The lowest BCUT2D eigenvalue weighted by atomic mass is 9.56. The van der Waals surface area contributed by atoms with Gasteiger partial charge in [0.15, 0.2) is 0 Å². The van der Waals surface area contributed by atoms with Crippen molar-refractivity contribution in [1.29, 1.82) is 0 Å². The SMILES string of the molecule is Cc1ccc2nc(CSC34CC5CC(CC(C5)C3)C4)cc(=O)n2c1. The number of fused-ring (bicyclic) bond motifs is 1. The topological polar surface area (TPSA) is 34.4 Å². The molecule has 0 atom stereocenters. The third-order valence-electron chi connectivity index (χ3n) is 6.37. The van der Waals surface area contributed by atoms with Crippen molar-refractivity contribution in [3.05, 3.63) is 46.0 Å². The fourth-order valence-corrected chi connectivity index (χ4v) is 7.43. The van der Waals surface area contributed by atoms with Gasteiger partial charge in [0, 0.05) is 22.8 Å². The number of nitrogens with zero attached hydrogens (tertiary/aromatic N) is 2. The summed E-state index contributed by atoms with van der Waals surface area (Å²) in [5.41, 5.74) is 2.85. The van der Waals surface area contributed by atoms with E-state index >= 15 is 0 Å². The van der Waals surface area contributed by atoms with E-state index in [-0.39, 0.29) is 5.56 Å². The molecule has 0 spiro atoms. The van der Waals surface area contributed by atoms with Gasteiger partial charge in [-0.05, 0) is 74.8 Å². The second-order valence-electron chi connectivity index (χ2n) is 8.41. The molecule has 4 aliphatic rings. The third kappa shape index (κ3) is 2.50. The molecule has 4 aliphatic carbocycles. The number of hydrogen-bond donors (Lipinski definition) is 0. The summed E-state index contributed by atoms with van der Waals surface area (Å²) in [6.45, 7) is 2.00. The monoisotopic (exact) mass is 340 g/mol. The van der Waals surface area contributed by atoms with Gasteiger partial charge >= 0.3 is 0 Å². The quantitative estimate of drug-likeness (QED) is 0.839. The summed E-state index contributed by atoms with van der Waals surface area (Å²) in [4.78, 5) is 17.1. The fraction of sp³-hybridized carbons (Fsp3) is 0.600. The first kappa shape index (κ1) is 15.0. The summed E-state index contributed by atoms with van der Waals surface area (Å²) in [5, 5.41) is 0. The number of rotatable bonds is 3. The Labute approximate surface area is 146 Å². The lowest BCUT2D eigenvalue weighted by molar-refractivity contribution is 0.0383. The van der Waals surface area contributed by atoms with E-state index in [1.54, 1.807) is 10.5 Å². The van der Waals surface area contributed by atoms with Gasteiger partial charge in [0.2, 0.25) is 0 Å². The summed E-state index contributed by atoms with van der Waals surface area (Å²) < 4.78 is 2.14. The minimum absolute atomic E-state index is 0.0461. The molecule has 0 aliphatic heterocycles. The van der Waals surface area contributed by atoms with Gasteiger partial charge in [-0.3, -0.25) is 9.20 Å². The van der Waals surface area contributed by atoms with Crippen LogP contribution < -0.4 is 5.56 Å². The highest BCUT2D eigenvalue weighted by atomic mass is 32.2. The fourth-order valence-electron chi connectivity index (χ4n) is 5.77. The maximum absolute atomic E-state index is 12.4. The van der Waals surface area contributed by atoms with Gasteiger partial charge in [-0.15, -0.1) is 11.8 Å². The van der Waals surface area contributed by atoms with E-state index < -0.39 is 0 Å². The van der Waals surface area contributed by atoms with Crippen LogP contribution in [0.4, 0.5) is 0 Å². The van der Waals surface area contributed by atoms with Gasteiger partial charge in [-0.1, -0.05) is 6.07 Å². The van der Waals surface area contributed by atoms with Crippen molar-refractivity contribution in [3.8, 4) is 0 Å². The van der Waals surface area contributed by atoms with Crippen molar-refractivity contribution in [2.24, 2.45) is 17.8 Å². The Morgan fingerprint density at radius 2 is 1.83 bits per heavy atom. The van der Waals surface area contributed by atoms with Gasteiger partial charge in [0.1, 0.15) is 5.65 Å². The number of hydrogen-bond acceptors (Lipinski definition) is 3. The number of aromatic nitrogens is 2.